The molecule has 11 heteroatoms. The van der Waals surface area contributed by atoms with E-state index in [1.54, 1.807) is 37.1 Å². The fraction of sp³-hybridized carbons (Fsp3) is 0.292. The molecule has 0 radical (unpaired) electrons. The minimum Gasteiger partial charge on any atom is -0.493 e. The lowest BCUT2D eigenvalue weighted by molar-refractivity contribution is 0.0815. The van der Waals surface area contributed by atoms with Crippen molar-refractivity contribution in [3.05, 3.63) is 59.2 Å². The standard InChI is InChI=1S/C24H22FN7O3/c1-12-15(7-26-21(29-12)24(33)31(2)3)14-6-19-23(32-11-28-30-22(14)32)27-8-16-17(25)4-5-18-20(16)13(9-34-18)10-35-19/h4-7,11,13,27H,8-10H2,1-3H3/t13-/m1/s1. The quantitative estimate of drug-likeness (QED) is 0.472. The maximum absolute atomic E-state index is 14.8. The van der Waals surface area contributed by atoms with Gasteiger partial charge in [-0.25, -0.2) is 14.4 Å². The van der Waals surface area contributed by atoms with E-state index < -0.39 is 0 Å². The molecule has 6 rings (SSSR count). The molecule has 10 nitrogen and oxygen atoms in total. The van der Waals surface area contributed by atoms with Crippen LogP contribution in [0.3, 0.4) is 0 Å². The Morgan fingerprint density at radius 2 is 2.00 bits per heavy atom. The summed E-state index contributed by atoms with van der Waals surface area (Å²) in [6.45, 7) is 2.81. The number of aryl methyl sites for hydroxylation is 1. The number of aromatic nitrogens is 5. The molecule has 0 saturated heterocycles. The second kappa shape index (κ2) is 7.90. The van der Waals surface area contributed by atoms with E-state index in [1.165, 1.54) is 11.0 Å². The molecule has 1 atom stereocenters. The van der Waals surface area contributed by atoms with Crippen molar-refractivity contribution in [2.24, 2.45) is 0 Å². The minimum atomic E-state index is -0.285. The van der Waals surface area contributed by atoms with E-state index in [-0.39, 0.29) is 30.0 Å². The highest BCUT2D eigenvalue weighted by Crippen LogP contribution is 2.42. The van der Waals surface area contributed by atoms with Gasteiger partial charge in [0.2, 0.25) is 5.82 Å². The molecule has 0 spiro atoms. The molecule has 0 fully saturated rings. The third-order valence-corrected chi connectivity index (χ3v) is 6.39. The molecule has 3 aromatic heterocycles. The summed E-state index contributed by atoms with van der Waals surface area (Å²) < 4.78 is 28.6. The number of nitrogens with one attached hydrogen (secondary N) is 1. The van der Waals surface area contributed by atoms with Crippen molar-refractivity contribution in [3.8, 4) is 22.6 Å². The van der Waals surface area contributed by atoms with Crippen molar-refractivity contribution >= 4 is 17.4 Å². The Balaban J connectivity index is 1.47. The molecule has 5 heterocycles. The molecule has 2 aliphatic rings. The summed E-state index contributed by atoms with van der Waals surface area (Å²) in [4.78, 5) is 22.4. The van der Waals surface area contributed by atoms with Crippen molar-refractivity contribution in [2.45, 2.75) is 19.4 Å². The number of hydrogen-bond acceptors (Lipinski definition) is 8. The minimum absolute atomic E-state index is 0.0927. The first-order valence-electron chi connectivity index (χ1n) is 11.2. The molecule has 0 aliphatic carbocycles. The first kappa shape index (κ1) is 21.3. The van der Waals surface area contributed by atoms with Gasteiger partial charge in [-0.1, -0.05) is 0 Å². The number of pyridine rings is 1. The zero-order valence-electron chi connectivity index (χ0n) is 19.4. The van der Waals surface area contributed by atoms with Gasteiger partial charge in [-0.2, -0.15) is 0 Å². The third kappa shape index (κ3) is 3.34. The molecule has 4 aromatic rings. The first-order valence-corrected chi connectivity index (χ1v) is 11.2. The summed E-state index contributed by atoms with van der Waals surface area (Å²) >= 11 is 0. The number of fused-ring (bicyclic) bond motifs is 3. The number of halogens is 1. The van der Waals surface area contributed by atoms with Crippen LogP contribution in [-0.4, -0.2) is 62.7 Å². The Kier molecular flexibility index (Phi) is 4.80. The van der Waals surface area contributed by atoms with Gasteiger partial charge in [-0.3, -0.25) is 9.20 Å². The van der Waals surface area contributed by atoms with Crippen molar-refractivity contribution in [1.82, 2.24) is 29.5 Å². The molecule has 1 aromatic carbocycles. The predicted molar refractivity (Wildman–Crippen MR) is 124 cm³/mol. The van der Waals surface area contributed by atoms with Crippen molar-refractivity contribution in [3.63, 3.8) is 0 Å². The van der Waals surface area contributed by atoms with Crippen LogP contribution in [0.1, 0.15) is 33.4 Å². The van der Waals surface area contributed by atoms with Crippen molar-refractivity contribution < 1.29 is 18.7 Å². The summed E-state index contributed by atoms with van der Waals surface area (Å²) in [6.07, 6.45) is 3.19. The lowest BCUT2D eigenvalue weighted by Gasteiger charge is -2.17. The molecule has 0 unspecified atom stereocenters. The van der Waals surface area contributed by atoms with E-state index >= 15 is 0 Å². The van der Waals surface area contributed by atoms with Crippen LogP contribution in [0.4, 0.5) is 10.2 Å². The van der Waals surface area contributed by atoms with Gasteiger partial charge in [0.1, 0.15) is 17.9 Å². The smallest absolute Gasteiger partial charge is 0.291 e. The van der Waals surface area contributed by atoms with E-state index in [9.17, 15) is 9.18 Å². The first-order chi connectivity index (χ1) is 16.9. The highest BCUT2D eigenvalue weighted by Gasteiger charge is 2.32. The fourth-order valence-corrected chi connectivity index (χ4v) is 4.62. The van der Waals surface area contributed by atoms with E-state index in [0.717, 1.165) is 5.56 Å². The normalized spacial score (nSPS) is 16.2. The second-order valence-electron chi connectivity index (χ2n) is 8.80. The Hall–Kier alpha value is -4.28. The highest BCUT2D eigenvalue weighted by atomic mass is 19.1. The topological polar surface area (TPSA) is 107 Å². The van der Waals surface area contributed by atoms with Gasteiger partial charge in [0.25, 0.3) is 5.91 Å². The zero-order chi connectivity index (χ0) is 24.3. The SMILES string of the molecule is Cc1nc(C(=O)N(C)C)ncc1-c1cc2c(n3cnnc13)NCc1c(F)ccc3c1[C@H](CO3)CO2. The average Bonchev–Trinajstić information content (AvgIpc) is 3.50. The number of amides is 1. The molecule has 0 saturated carbocycles. The number of benzene rings is 1. The average molecular weight is 475 g/mol. The van der Waals surface area contributed by atoms with Crippen molar-refractivity contribution in [2.75, 3.05) is 32.6 Å². The number of nitrogens with zero attached hydrogens (tertiary/aromatic N) is 6. The monoisotopic (exact) mass is 475 g/mol. The largest absolute Gasteiger partial charge is 0.493 e. The number of ether oxygens (including phenoxy) is 2. The summed E-state index contributed by atoms with van der Waals surface area (Å²) in [5, 5.41) is 11.7. The molecular formula is C24H22FN7O3. The van der Waals surface area contributed by atoms with Gasteiger partial charge in [0.05, 0.1) is 19.1 Å². The van der Waals surface area contributed by atoms with E-state index in [1.807, 2.05) is 13.0 Å². The van der Waals surface area contributed by atoms with E-state index in [0.29, 0.717) is 58.6 Å². The Morgan fingerprint density at radius 1 is 1.20 bits per heavy atom. The van der Waals surface area contributed by atoms with E-state index in [4.69, 9.17) is 9.47 Å². The molecule has 178 valence electrons. The van der Waals surface area contributed by atoms with Gasteiger partial charge in [-0.15, -0.1) is 10.2 Å². The molecule has 35 heavy (non-hydrogen) atoms. The summed E-state index contributed by atoms with van der Waals surface area (Å²) in [5.74, 6) is 1.33. The maximum atomic E-state index is 14.8. The van der Waals surface area contributed by atoms with Gasteiger partial charge < -0.3 is 19.7 Å². The third-order valence-electron chi connectivity index (χ3n) is 6.39. The lowest BCUT2D eigenvalue weighted by Crippen LogP contribution is -2.24. The number of carbonyl (C=O) groups is 1. The number of rotatable bonds is 2. The van der Waals surface area contributed by atoms with Crippen LogP contribution >= 0.6 is 0 Å². The number of hydrogen-bond donors (Lipinski definition) is 1. The lowest BCUT2D eigenvalue weighted by atomic mass is 9.96. The Labute approximate surface area is 199 Å². The molecule has 0 bridgehead atoms. The molecule has 1 N–H and O–H groups in total. The fourth-order valence-electron chi connectivity index (χ4n) is 4.62. The number of anilines is 1. The molecule has 1 amide bonds. The number of carbonyl (C=O) groups excluding carboxylic acids is 1. The van der Waals surface area contributed by atoms with Gasteiger partial charge in [0.15, 0.2) is 17.2 Å². The second-order valence-corrected chi connectivity index (χ2v) is 8.80. The highest BCUT2D eigenvalue weighted by molar-refractivity contribution is 5.91. The van der Waals surface area contributed by atoms with Gasteiger partial charge in [0, 0.05) is 54.8 Å². The molecule has 2 aliphatic heterocycles. The van der Waals surface area contributed by atoms with Crippen LogP contribution in [0.25, 0.3) is 16.8 Å². The van der Waals surface area contributed by atoms with Crippen molar-refractivity contribution in [1.29, 1.82) is 0 Å². The zero-order valence-corrected chi connectivity index (χ0v) is 19.4. The van der Waals surface area contributed by atoms with E-state index in [2.05, 4.69) is 25.5 Å². The van der Waals surface area contributed by atoms with Crippen LogP contribution in [0.5, 0.6) is 11.5 Å². The van der Waals surface area contributed by atoms with Gasteiger partial charge >= 0.3 is 0 Å². The van der Waals surface area contributed by atoms with Crippen LogP contribution < -0.4 is 14.8 Å². The summed E-state index contributed by atoms with van der Waals surface area (Å²) in [6, 6.07) is 4.96. The molecular weight excluding hydrogens is 453 g/mol. The summed E-state index contributed by atoms with van der Waals surface area (Å²) in [7, 11) is 3.30. The van der Waals surface area contributed by atoms with Crippen LogP contribution in [0.15, 0.2) is 30.7 Å². The Morgan fingerprint density at radius 3 is 2.77 bits per heavy atom. The van der Waals surface area contributed by atoms with Gasteiger partial charge in [-0.05, 0) is 25.1 Å². The summed E-state index contributed by atoms with van der Waals surface area (Å²) in [5.41, 5.74) is 3.99. The van der Waals surface area contributed by atoms with Crippen LogP contribution in [0, 0.1) is 12.7 Å². The predicted octanol–water partition coefficient (Wildman–Crippen LogP) is 2.82. The van der Waals surface area contributed by atoms with Crippen LogP contribution in [-0.2, 0) is 6.54 Å². The van der Waals surface area contributed by atoms with Crippen LogP contribution in [0.2, 0.25) is 0 Å². The Bertz CT molecular complexity index is 1500. The maximum Gasteiger partial charge on any atom is 0.291 e.